The summed E-state index contributed by atoms with van der Waals surface area (Å²) in [6.45, 7) is 6.61. The zero-order chi connectivity index (χ0) is 20.1. The topological polar surface area (TPSA) is 69.0 Å². The number of amides is 1. The van der Waals surface area contributed by atoms with E-state index in [4.69, 9.17) is 4.74 Å². The van der Waals surface area contributed by atoms with Crippen LogP contribution in [-0.4, -0.2) is 33.0 Å². The van der Waals surface area contributed by atoms with Crippen molar-refractivity contribution in [1.29, 1.82) is 0 Å². The normalized spacial score (nSPS) is 10.7. The number of nitrogens with zero attached hydrogens (tertiary/aromatic N) is 3. The first kappa shape index (κ1) is 19.9. The van der Waals surface area contributed by atoms with E-state index in [-0.39, 0.29) is 11.7 Å². The molecule has 3 rings (SSSR count). The molecule has 0 aliphatic rings. The standard InChI is InChI=1S/C21H24N4O2S/c1-5-27-18-8-6-16(7-9-18)20-23-24-21(25(20)4)28-13-19(26)22-17-11-14(2)10-15(3)12-17/h6-12H,5,13H2,1-4H3,(H,22,26). The lowest BCUT2D eigenvalue weighted by molar-refractivity contribution is -0.113. The average molecular weight is 397 g/mol. The highest BCUT2D eigenvalue weighted by molar-refractivity contribution is 7.99. The number of aryl methyl sites for hydroxylation is 2. The zero-order valence-electron chi connectivity index (χ0n) is 16.5. The van der Waals surface area contributed by atoms with Crippen molar-refractivity contribution in [3.05, 3.63) is 53.6 Å². The predicted molar refractivity (Wildman–Crippen MR) is 113 cm³/mol. The summed E-state index contributed by atoms with van der Waals surface area (Å²) in [6, 6.07) is 13.7. The fourth-order valence-electron chi connectivity index (χ4n) is 2.93. The summed E-state index contributed by atoms with van der Waals surface area (Å²) in [5, 5.41) is 12.1. The molecule has 0 atom stereocenters. The Morgan fingerprint density at radius 2 is 1.79 bits per heavy atom. The Bertz CT molecular complexity index is 947. The second kappa shape index (κ2) is 8.93. The lowest BCUT2D eigenvalue weighted by Gasteiger charge is -2.08. The minimum atomic E-state index is -0.0689. The van der Waals surface area contributed by atoms with Gasteiger partial charge >= 0.3 is 0 Å². The Morgan fingerprint density at radius 3 is 2.43 bits per heavy atom. The van der Waals surface area contributed by atoms with Gasteiger partial charge in [-0.1, -0.05) is 17.8 Å². The number of benzene rings is 2. The van der Waals surface area contributed by atoms with Gasteiger partial charge in [-0.25, -0.2) is 0 Å². The maximum absolute atomic E-state index is 12.3. The number of thioether (sulfide) groups is 1. The van der Waals surface area contributed by atoms with E-state index in [0.717, 1.165) is 34.0 Å². The van der Waals surface area contributed by atoms with Crippen LogP contribution in [0.4, 0.5) is 5.69 Å². The molecule has 0 saturated carbocycles. The average Bonchev–Trinajstić information content (AvgIpc) is 3.01. The Labute approximate surface area is 169 Å². The van der Waals surface area contributed by atoms with Crippen LogP contribution in [0, 0.1) is 13.8 Å². The van der Waals surface area contributed by atoms with Crippen LogP contribution in [0.5, 0.6) is 5.75 Å². The summed E-state index contributed by atoms with van der Waals surface area (Å²) in [5.74, 6) is 1.77. The predicted octanol–water partition coefficient (Wildman–Crippen LogP) is 4.23. The number of anilines is 1. The van der Waals surface area contributed by atoms with Gasteiger partial charge in [-0.2, -0.15) is 0 Å². The van der Waals surface area contributed by atoms with Crippen molar-refractivity contribution in [2.24, 2.45) is 7.05 Å². The van der Waals surface area contributed by atoms with Gasteiger partial charge in [0.2, 0.25) is 5.91 Å². The van der Waals surface area contributed by atoms with E-state index < -0.39 is 0 Å². The van der Waals surface area contributed by atoms with Gasteiger partial charge in [-0.05, 0) is 68.3 Å². The van der Waals surface area contributed by atoms with Crippen LogP contribution in [0.2, 0.25) is 0 Å². The fraction of sp³-hybridized carbons (Fsp3) is 0.286. The van der Waals surface area contributed by atoms with Crippen LogP contribution in [0.25, 0.3) is 11.4 Å². The highest BCUT2D eigenvalue weighted by Crippen LogP contribution is 2.24. The maximum Gasteiger partial charge on any atom is 0.234 e. The largest absolute Gasteiger partial charge is 0.494 e. The van der Waals surface area contributed by atoms with E-state index in [1.54, 1.807) is 0 Å². The summed E-state index contributed by atoms with van der Waals surface area (Å²) in [5.41, 5.74) is 4.01. The molecular weight excluding hydrogens is 372 g/mol. The van der Waals surface area contributed by atoms with Gasteiger partial charge in [0.25, 0.3) is 0 Å². The third kappa shape index (κ3) is 4.92. The van der Waals surface area contributed by atoms with Crippen molar-refractivity contribution in [3.8, 4) is 17.1 Å². The highest BCUT2D eigenvalue weighted by Gasteiger charge is 2.13. The third-order valence-corrected chi connectivity index (χ3v) is 5.12. The Hall–Kier alpha value is -2.80. The van der Waals surface area contributed by atoms with Crippen LogP contribution in [0.1, 0.15) is 18.1 Å². The molecule has 0 spiro atoms. The molecule has 0 unspecified atom stereocenters. The van der Waals surface area contributed by atoms with E-state index in [0.29, 0.717) is 11.8 Å². The quantitative estimate of drug-likeness (QED) is 0.605. The molecule has 28 heavy (non-hydrogen) atoms. The summed E-state index contributed by atoms with van der Waals surface area (Å²) >= 11 is 1.36. The van der Waals surface area contributed by atoms with Gasteiger partial charge in [-0.3, -0.25) is 4.79 Å². The van der Waals surface area contributed by atoms with Gasteiger partial charge < -0.3 is 14.6 Å². The monoisotopic (exact) mass is 396 g/mol. The van der Waals surface area contributed by atoms with Crippen molar-refractivity contribution in [3.63, 3.8) is 0 Å². The molecule has 0 saturated heterocycles. The third-order valence-electron chi connectivity index (χ3n) is 4.10. The van der Waals surface area contributed by atoms with Crippen LogP contribution >= 0.6 is 11.8 Å². The van der Waals surface area contributed by atoms with Crippen LogP contribution in [0.15, 0.2) is 47.6 Å². The molecule has 0 fully saturated rings. The van der Waals surface area contributed by atoms with Gasteiger partial charge in [-0.15, -0.1) is 10.2 Å². The first-order chi connectivity index (χ1) is 13.5. The van der Waals surface area contributed by atoms with Crippen LogP contribution in [0.3, 0.4) is 0 Å². The molecule has 7 heteroatoms. The molecule has 1 aromatic heterocycles. The molecule has 1 N–H and O–H groups in total. The van der Waals surface area contributed by atoms with Gasteiger partial charge in [0.15, 0.2) is 11.0 Å². The SMILES string of the molecule is CCOc1ccc(-c2nnc(SCC(=O)Nc3cc(C)cc(C)c3)n2C)cc1. The number of carbonyl (C=O) groups is 1. The summed E-state index contributed by atoms with van der Waals surface area (Å²) in [7, 11) is 1.90. The van der Waals surface area contributed by atoms with E-state index >= 15 is 0 Å². The first-order valence-electron chi connectivity index (χ1n) is 9.10. The second-order valence-electron chi connectivity index (χ2n) is 6.54. The lowest BCUT2D eigenvalue weighted by Crippen LogP contribution is -2.14. The Morgan fingerprint density at radius 1 is 1.11 bits per heavy atom. The molecule has 1 heterocycles. The maximum atomic E-state index is 12.3. The van der Waals surface area contributed by atoms with E-state index in [2.05, 4.69) is 21.6 Å². The first-order valence-corrected chi connectivity index (χ1v) is 10.1. The molecule has 146 valence electrons. The number of hydrogen-bond acceptors (Lipinski definition) is 5. The minimum Gasteiger partial charge on any atom is -0.494 e. The molecule has 1 amide bonds. The van der Waals surface area contributed by atoms with E-state index in [9.17, 15) is 4.79 Å². The number of ether oxygens (including phenoxy) is 1. The number of aromatic nitrogens is 3. The second-order valence-corrected chi connectivity index (χ2v) is 7.48. The van der Waals surface area contributed by atoms with Gasteiger partial charge in [0, 0.05) is 18.3 Å². The minimum absolute atomic E-state index is 0.0689. The molecule has 0 radical (unpaired) electrons. The lowest BCUT2D eigenvalue weighted by atomic mass is 10.1. The van der Waals surface area contributed by atoms with Crippen molar-refractivity contribution in [2.45, 2.75) is 25.9 Å². The fourth-order valence-corrected chi connectivity index (χ4v) is 3.64. The summed E-state index contributed by atoms with van der Waals surface area (Å²) in [4.78, 5) is 12.3. The number of hydrogen-bond donors (Lipinski definition) is 1. The molecule has 6 nitrogen and oxygen atoms in total. The Kier molecular flexibility index (Phi) is 6.36. The van der Waals surface area contributed by atoms with Gasteiger partial charge in [0.05, 0.1) is 12.4 Å². The van der Waals surface area contributed by atoms with Crippen molar-refractivity contribution in [2.75, 3.05) is 17.7 Å². The van der Waals surface area contributed by atoms with E-state index in [1.807, 2.05) is 68.8 Å². The number of nitrogens with one attached hydrogen (secondary N) is 1. The molecule has 2 aromatic carbocycles. The summed E-state index contributed by atoms with van der Waals surface area (Å²) in [6.07, 6.45) is 0. The number of rotatable bonds is 7. The molecule has 3 aromatic rings. The summed E-state index contributed by atoms with van der Waals surface area (Å²) < 4.78 is 7.36. The smallest absolute Gasteiger partial charge is 0.234 e. The van der Waals surface area contributed by atoms with Crippen molar-refractivity contribution in [1.82, 2.24) is 14.8 Å². The van der Waals surface area contributed by atoms with Crippen molar-refractivity contribution >= 4 is 23.4 Å². The van der Waals surface area contributed by atoms with Crippen molar-refractivity contribution < 1.29 is 9.53 Å². The van der Waals surface area contributed by atoms with Gasteiger partial charge in [0.1, 0.15) is 5.75 Å². The van der Waals surface area contributed by atoms with Crippen LogP contribution < -0.4 is 10.1 Å². The highest BCUT2D eigenvalue weighted by atomic mass is 32.2. The molecular formula is C21H24N4O2S. The molecule has 0 aliphatic carbocycles. The Balaban J connectivity index is 1.63. The zero-order valence-corrected chi connectivity index (χ0v) is 17.3. The molecule has 0 aliphatic heterocycles. The number of carbonyl (C=O) groups excluding carboxylic acids is 1. The van der Waals surface area contributed by atoms with E-state index in [1.165, 1.54) is 11.8 Å². The molecule has 0 bridgehead atoms. The van der Waals surface area contributed by atoms with Crippen LogP contribution in [-0.2, 0) is 11.8 Å².